The molecule has 1 fully saturated rings. The molecule has 2 aromatic carbocycles. The summed E-state index contributed by atoms with van der Waals surface area (Å²) in [6.07, 6.45) is 4.62. The van der Waals surface area contributed by atoms with Crippen LogP contribution in [-0.4, -0.2) is 29.7 Å². The average molecular weight is 476 g/mol. The highest BCUT2D eigenvalue weighted by Gasteiger charge is 2.28. The molecule has 1 aliphatic carbocycles. The van der Waals surface area contributed by atoms with Gasteiger partial charge in [0.05, 0.1) is 17.3 Å². The molecule has 2 atom stereocenters. The Hall–Kier alpha value is -3.99. The smallest absolute Gasteiger partial charge is 0.407 e. The molecule has 8 nitrogen and oxygen atoms in total. The first kappa shape index (κ1) is 25.6. The van der Waals surface area contributed by atoms with Crippen LogP contribution in [0.1, 0.15) is 57.6 Å². The Labute approximate surface area is 206 Å². The quantitative estimate of drug-likeness (QED) is 0.447. The van der Waals surface area contributed by atoms with Crippen LogP contribution in [0.4, 0.5) is 16.2 Å². The Morgan fingerprint density at radius 1 is 1.09 bits per heavy atom. The number of nitrogens with two attached hydrogens (primary N) is 1. The van der Waals surface area contributed by atoms with Crippen molar-refractivity contribution in [3.63, 3.8) is 0 Å². The van der Waals surface area contributed by atoms with Gasteiger partial charge in [-0.05, 0) is 57.4 Å². The highest BCUT2D eigenvalue weighted by Crippen LogP contribution is 2.26. The number of carbonyl (C=O) groups excluding carboxylic acids is 2. The molecule has 0 aromatic heterocycles. The number of anilines is 2. The standard InChI is InChI=1S/C27H33N5O3/c1-27(2,3)35-26(34)32-23-12-8-7-11-22(23)30-20-14-13-19(17-28)24(15-20)31-25(33)16-21(29)18-9-5-4-6-10-18/h4-6,9-10,13-16,22-23,30H,7-8,11-12,29H2,1-3H3,(H,31,33)(H,32,34)/t22-,23+/m1/s1. The van der Waals surface area contributed by atoms with Crippen LogP contribution in [-0.2, 0) is 9.53 Å². The fourth-order valence-corrected chi connectivity index (χ4v) is 4.01. The molecule has 8 heteroatoms. The third-order valence-corrected chi connectivity index (χ3v) is 5.61. The highest BCUT2D eigenvalue weighted by atomic mass is 16.6. The Kier molecular flexibility index (Phi) is 8.37. The number of ether oxygens (including phenoxy) is 1. The first-order chi connectivity index (χ1) is 16.6. The molecule has 1 saturated carbocycles. The fraction of sp³-hybridized carbons (Fsp3) is 0.370. The summed E-state index contributed by atoms with van der Waals surface area (Å²) >= 11 is 0. The molecule has 0 bridgehead atoms. The molecule has 0 heterocycles. The van der Waals surface area contributed by atoms with Gasteiger partial charge in [0, 0.05) is 23.5 Å². The number of benzene rings is 2. The van der Waals surface area contributed by atoms with E-state index in [0.29, 0.717) is 16.9 Å². The van der Waals surface area contributed by atoms with Gasteiger partial charge in [0.2, 0.25) is 5.91 Å². The maximum atomic E-state index is 12.6. The third kappa shape index (κ3) is 7.78. The lowest BCUT2D eigenvalue weighted by Crippen LogP contribution is -2.49. The molecule has 184 valence electrons. The van der Waals surface area contributed by atoms with Crippen molar-refractivity contribution in [1.82, 2.24) is 5.32 Å². The van der Waals surface area contributed by atoms with Crippen LogP contribution in [0, 0.1) is 11.3 Å². The van der Waals surface area contributed by atoms with E-state index in [4.69, 9.17) is 10.5 Å². The van der Waals surface area contributed by atoms with Crippen LogP contribution in [0.25, 0.3) is 5.70 Å². The molecule has 2 amide bonds. The van der Waals surface area contributed by atoms with E-state index in [1.165, 1.54) is 6.08 Å². The molecule has 5 N–H and O–H groups in total. The van der Waals surface area contributed by atoms with Crippen molar-refractivity contribution in [2.45, 2.75) is 64.1 Å². The number of hydrogen-bond acceptors (Lipinski definition) is 6. The van der Waals surface area contributed by atoms with E-state index in [2.05, 4.69) is 22.0 Å². The maximum absolute atomic E-state index is 12.6. The maximum Gasteiger partial charge on any atom is 0.407 e. The number of amides is 2. The molecule has 35 heavy (non-hydrogen) atoms. The van der Waals surface area contributed by atoms with E-state index in [0.717, 1.165) is 36.9 Å². The van der Waals surface area contributed by atoms with E-state index in [-0.39, 0.29) is 12.1 Å². The second-order valence-electron chi connectivity index (χ2n) is 9.62. The number of carbonyl (C=O) groups is 2. The van der Waals surface area contributed by atoms with E-state index in [1.54, 1.807) is 18.2 Å². The lowest BCUT2D eigenvalue weighted by atomic mass is 9.90. The van der Waals surface area contributed by atoms with Gasteiger partial charge in [-0.25, -0.2) is 4.79 Å². The topological polar surface area (TPSA) is 129 Å². The minimum absolute atomic E-state index is 0.0126. The van der Waals surface area contributed by atoms with Gasteiger partial charge in [-0.1, -0.05) is 43.2 Å². The molecule has 0 unspecified atom stereocenters. The summed E-state index contributed by atoms with van der Waals surface area (Å²) in [5.74, 6) is -0.429. The van der Waals surface area contributed by atoms with Gasteiger partial charge in [0.15, 0.2) is 0 Å². The lowest BCUT2D eigenvalue weighted by Gasteiger charge is -2.34. The van der Waals surface area contributed by atoms with Crippen LogP contribution in [0.5, 0.6) is 0 Å². The van der Waals surface area contributed by atoms with Crippen LogP contribution in [0.2, 0.25) is 0 Å². The van der Waals surface area contributed by atoms with E-state index >= 15 is 0 Å². The van der Waals surface area contributed by atoms with Crippen molar-refractivity contribution < 1.29 is 14.3 Å². The monoisotopic (exact) mass is 475 g/mol. The van der Waals surface area contributed by atoms with Gasteiger partial charge < -0.3 is 26.4 Å². The minimum Gasteiger partial charge on any atom is -0.444 e. The summed E-state index contributed by atoms with van der Waals surface area (Å²) in [5, 5.41) is 18.7. The average Bonchev–Trinajstić information content (AvgIpc) is 2.80. The number of nitrogens with zero attached hydrogens (tertiary/aromatic N) is 1. The Morgan fingerprint density at radius 2 is 1.77 bits per heavy atom. The lowest BCUT2D eigenvalue weighted by molar-refractivity contribution is -0.111. The zero-order valence-corrected chi connectivity index (χ0v) is 20.4. The number of alkyl carbamates (subject to hydrolysis) is 1. The van der Waals surface area contributed by atoms with Gasteiger partial charge >= 0.3 is 6.09 Å². The number of rotatable bonds is 6. The summed E-state index contributed by atoms with van der Waals surface area (Å²) in [6.45, 7) is 5.50. The van der Waals surface area contributed by atoms with Gasteiger partial charge in [-0.2, -0.15) is 5.26 Å². The molecule has 0 aliphatic heterocycles. The summed E-state index contributed by atoms with van der Waals surface area (Å²) < 4.78 is 5.42. The van der Waals surface area contributed by atoms with E-state index in [1.807, 2.05) is 51.1 Å². The molecular weight excluding hydrogens is 442 g/mol. The largest absolute Gasteiger partial charge is 0.444 e. The minimum atomic E-state index is -0.569. The fourth-order valence-electron chi connectivity index (χ4n) is 4.01. The molecule has 0 spiro atoms. The van der Waals surface area contributed by atoms with Crippen LogP contribution in [0.3, 0.4) is 0 Å². The molecule has 0 saturated heterocycles. The SMILES string of the molecule is CC(C)(C)OC(=O)N[C@H]1CCCC[C@H]1Nc1ccc(C#N)c(NC(=O)C=C(N)c2ccccc2)c1. The van der Waals surface area contributed by atoms with Gasteiger partial charge in [-0.3, -0.25) is 4.79 Å². The van der Waals surface area contributed by atoms with E-state index < -0.39 is 17.6 Å². The van der Waals surface area contributed by atoms with Crippen molar-refractivity contribution in [1.29, 1.82) is 5.26 Å². The Balaban J connectivity index is 1.72. The van der Waals surface area contributed by atoms with Gasteiger partial charge in [-0.15, -0.1) is 0 Å². The highest BCUT2D eigenvalue weighted by molar-refractivity contribution is 6.04. The predicted octanol–water partition coefficient (Wildman–Crippen LogP) is 4.74. The molecule has 2 aromatic rings. The summed E-state index contributed by atoms with van der Waals surface area (Å²) in [6, 6.07) is 16.3. The van der Waals surface area contributed by atoms with Crippen LogP contribution in [0.15, 0.2) is 54.6 Å². The molecule has 1 aliphatic rings. The summed E-state index contributed by atoms with van der Waals surface area (Å²) in [7, 11) is 0. The zero-order chi connectivity index (χ0) is 25.4. The van der Waals surface area contributed by atoms with Crippen molar-refractivity contribution in [2.24, 2.45) is 5.73 Å². The van der Waals surface area contributed by atoms with Crippen molar-refractivity contribution >= 4 is 29.1 Å². The molecule has 3 rings (SSSR count). The number of nitriles is 1. The van der Waals surface area contributed by atoms with E-state index in [9.17, 15) is 14.9 Å². The second-order valence-corrected chi connectivity index (χ2v) is 9.62. The summed E-state index contributed by atoms with van der Waals surface area (Å²) in [4.78, 5) is 24.9. The first-order valence-electron chi connectivity index (χ1n) is 11.8. The second kappa shape index (κ2) is 11.4. The molecular formula is C27H33N5O3. The zero-order valence-electron chi connectivity index (χ0n) is 20.4. The molecule has 0 radical (unpaired) electrons. The Morgan fingerprint density at radius 3 is 2.43 bits per heavy atom. The first-order valence-corrected chi connectivity index (χ1v) is 11.8. The predicted molar refractivity (Wildman–Crippen MR) is 137 cm³/mol. The van der Waals surface area contributed by atoms with Gasteiger partial charge in [0.1, 0.15) is 11.7 Å². The van der Waals surface area contributed by atoms with Crippen molar-refractivity contribution in [3.05, 3.63) is 65.7 Å². The van der Waals surface area contributed by atoms with Gasteiger partial charge in [0.25, 0.3) is 0 Å². The number of hydrogen-bond donors (Lipinski definition) is 4. The number of nitrogens with one attached hydrogen (secondary N) is 3. The van der Waals surface area contributed by atoms with Crippen molar-refractivity contribution in [2.75, 3.05) is 10.6 Å². The summed E-state index contributed by atoms with van der Waals surface area (Å²) in [5.41, 5.74) is 7.99. The van der Waals surface area contributed by atoms with Crippen molar-refractivity contribution in [3.8, 4) is 6.07 Å². The van der Waals surface area contributed by atoms with Crippen LogP contribution >= 0.6 is 0 Å². The normalized spacial score (nSPS) is 18.2. The third-order valence-electron chi connectivity index (χ3n) is 5.61. The Bertz CT molecular complexity index is 1120. The van der Waals surface area contributed by atoms with Crippen LogP contribution < -0.4 is 21.7 Å².